The zero-order chi connectivity index (χ0) is 7.90. The third kappa shape index (κ3) is 1.30. The number of ether oxygens (including phenoxy) is 1. The summed E-state index contributed by atoms with van der Waals surface area (Å²) >= 11 is 0. The minimum absolute atomic E-state index is 0.548. The Bertz CT molecular complexity index is 142. The quantitative estimate of drug-likeness (QED) is 0.517. The Morgan fingerprint density at radius 1 is 1.45 bits per heavy atom. The van der Waals surface area contributed by atoms with Crippen molar-refractivity contribution >= 4 is 0 Å². The van der Waals surface area contributed by atoms with Crippen molar-refractivity contribution in [3.05, 3.63) is 0 Å². The van der Waals surface area contributed by atoms with Crippen LogP contribution < -0.4 is 0 Å². The molecule has 0 aromatic heterocycles. The van der Waals surface area contributed by atoms with Gasteiger partial charge in [0, 0.05) is 18.5 Å². The van der Waals surface area contributed by atoms with Gasteiger partial charge in [-0.15, -0.1) is 0 Å². The highest BCUT2D eigenvalue weighted by Crippen LogP contribution is 2.38. The molecule has 1 spiro atoms. The summed E-state index contributed by atoms with van der Waals surface area (Å²) in [5.74, 6) is 0.859. The fraction of sp³-hybridized carbons (Fsp3) is 1.00. The normalized spacial score (nSPS) is 37.1. The first-order chi connectivity index (χ1) is 5.20. The molecule has 2 heterocycles. The summed E-state index contributed by atoms with van der Waals surface area (Å²) in [5.41, 5.74) is 0.548. The van der Waals surface area contributed by atoms with Gasteiger partial charge in [-0.1, -0.05) is 6.92 Å². The fourth-order valence-corrected chi connectivity index (χ4v) is 2.64. The van der Waals surface area contributed by atoms with E-state index in [2.05, 4.69) is 18.9 Å². The SMILES string of the molecule is CC1CN(C)CC2(COC2)C1. The molecular weight excluding hydrogens is 138 g/mol. The summed E-state index contributed by atoms with van der Waals surface area (Å²) in [7, 11) is 2.22. The second kappa shape index (κ2) is 2.46. The summed E-state index contributed by atoms with van der Waals surface area (Å²) < 4.78 is 5.29. The van der Waals surface area contributed by atoms with Crippen molar-refractivity contribution in [2.45, 2.75) is 13.3 Å². The highest BCUT2D eigenvalue weighted by Gasteiger charge is 2.43. The summed E-state index contributed by atoms with van der Waals surface area (Å²) in [6, 6.07) is 0. The zero-order valence-corrected chi connectivity index (χ0v) is 7.47. The molecule has 1 unspecified atom stereocenters. The maximum atomic E-state index is 5.29. The third-order valence-corrected chi connectivity index (χ3v) is 2.83. The van der Waals surface area contributed by atoms with E-state index in [0.717, 1.165) is 19.1 Å². The predicted molar refractivity (Wildman–Crippen MR) is 44.5 cm³/mol. The van der Waals surface area contributed by atoms with Crippen LogP contribution in [0.1, 0.15) is 13.3 Å². The molecular formula is C9H17NO. The van der Waals surface area contributed by atoms with Crippen LogP contribution in [0.3, 0.4) is 0 Å². The van der Waals surface area contributed by atoms with Gasteiger partial charge in [-0.25, -0.2) is 0 Å². The molecule has 2 aliphatic rings. The van der Waals surface area contributed by atoms with Crippen molar-refractivity contribution in [3.8, 4) is 0 Å². The first kappa shape index (κ1) is 7.56. The molecule has 0 saturated carbocycles. The van der Waals surface area contributed by atoms with Crippen LogP contribution in [-0.2, 0) is 4.74 Å². The van der Waals surface area contributed by atoms with Crippen LogP contribution in [0, 0.1) is 11.3 Å². The fourth-order valence-electron chi connectivity index (χ4n) is 2.64. The van der Waals surface area contributed by atoms with Crippen LogP contribution in [0.2, 0.25) is 0 Å². The molecule has 2 fully saturated rings. The lowest BCUT2D eigenvalue weighted by Gasteiger charge is -2.49. The molecule has 2 heteroatoms. The molecule has 0 radical (unpaired) electrons. The van der Waals surface area contributed by atoms with Gasteiger partial charge in [-0.05, 0) is 19.4 Å². The number of piperidine rings is 1. The lowest BCUT2D eigenvalue weighted by molar-refractivity contribution is -0.150. The van der Waals surface area contributed by atoms with E-state index in [-0.39, 0.29) is 0 Å². The molecule has 2 nitrogen and oxygen atoms in total. The van der Waals surface area contributed by atoms with Crippen molar-refractivity contribution in [1.29, 1.82) is 0 Å². The van der Waals surface area contributed by atoms with Crippen molar-refractivity contribution < 1.29 is 4.74 Å². The standard InChI is InChI=1S/C9H17NO/c1-8-3-9(6-11-7-9)5-10(2)4-8/h8H,3-7H2,1-2H3. The van der Waals surface area contributed by atoms with Gasteiger partial charge in [0.25, 0.3) is 0 Å². The molecule has 0 bridgehead atoms. The summed E-state index contributed by atoms with van der Waals surface area (Å²) in [5, 5.41) is 0. The van der Waals surface area contributed by atoms with Gasteiger partial charge in [0.1, 0.15) is 0 Å². The summed E-state index contributed by atoms with van der Waals surface area (Å²) in [4.78, 5) is 2.44. The minimum atomic E-state index is 0.548. The maximum Gasteiger partial charge on any atom is 0.0557 e. The van der Waals surface area contributed by atoms with Gasteiger partial charge in [-0.3, -0.25) is 0 Å². The van der Waals surface area contributed by atoms with Gasteiger partial charge < -0.3 is 9.64 Å². The second-order valence-electron chi connectivity index (χ2n) is 4.50. The summed E-state index contributed by atoms with van der Waals surface area (Å²) in [6.07, 6.45) is 1.37. The molecule has 2 rings (SSSR count). The van der Waals surface area contributed by atoms with Crippen LogP contribution in [0.15, 0.2) is 0 Å². The second-order valence-corrected chi connectivity index (χ2v) is 4.50. The predicted octanol–water partition coefficient (Wildman–Crippen LogP) is 0.975. The average Bonchev–Trinajstić information content (AvgIpc) is 1.82. The van der Waals surface area contributed by atoms with E-state index >= 15 is 0 Å². The minimum Gasteiger partial charge on any atom is -0.380 e. The zero-order valence-electron chi connectivity index (χ0n) is 7.47. The Morgan fingerprint density at radius 3 is 2.64 bits per heavy atom. The van der Waals surface area contributed by atoms with Gasteiger partial charge in [0.15, 0.2) is 0 Å². The Morgan fingerprint density at radius 2 is 2.18 bits per heavy atom. The number of hydrogen-bond donors (Lipinski definition) is 0. The van der Waals surface area contributed by atoms with E-state index in [0.29, 0.717) is 5.41 Å². The maximum absolute atomic E-state index is 5.29. The molecule has 0 N–H and O–H groups in total. The van der Waals surface area contributed by atoms with E-state index in [1.54, 1.807) is 0 Å². The molecule has 0 aromatic rings. The Balaban J connectivity index is 2.00. The van der Waals surface area contributed by atoms with E-state index in [9.17, 15) is 0 Å². The van der Waals surface area contributed by atoms with Crippen LogP contribution in [0.4, 0.5) is 0 Å². The van der Waals surface area contributed by atoms with Crippen molar-refractivity contribution in [2.24, 2.45) is 11.3 Å². The van der Waals surface area contributed by atoms with Crippen molar-refractivity contribution in [3.63, 3.8) is 0 Å². The molecule has 1 atom stereocenters. The highest BCUT2D eigenvalue weighted by atomic mass is 16.5. The van der Waals surface area contributed by atoms with Crippen LogP contribution in [0.25, 0.3) is 0 Å². The monoisotopic (exact) mass is 155 g/mol. The van der Waals surface area contributed by atoms with Gasteiger partial charge in [0.2, 0.25) is 0 Å². The lowest BCUT2D eigenvalue weighted by atomic mass is 9.75. The molecule has 2 saturated heterocycles. The Hall–Kier alpha value is -0.0800. The average molecular weight is 155 g/mol. The molecule has 0 aliphatic carbocycles. The van der Waals surface area contributed by atoms with E-state index < -0.39 is 0 Å². The van der Waals surface area contributed by atoms with Gasteiger partial charge in [0.05, 0.1) is 13.2 Å². The van der Waals surface area contributed by atoms with Crippen LogP contribution >= 0.6 is 0 Å². The molecule has 11 heavy (non-hydrogen) atoms. The molecule has 2 aliphatic heterocycles. The third-order valence-electron chi connectivity index (χ3n) is 2.83. The molecule has 0 aromatic carbocycles. The first-order valence-electron chi connectivity index (χ1n) is 4.47. The summed E-state index contributed by atoms with van der Waals surface area (Å²) in [6.45, 7) is 6.86. The Kier molecular flexibility index (Phi) is 1.69. The van der Waals surface area contributed by atoms with Crippen LogP contribution in [-0.4, -0.2) is 38.3 Å². The lowest BCUT2D eigenvalue weighted by Crippen LogP contribution is -2.55. The van der Waals surface area contributed by atoms with Crippen molar-refractivity contribution in [1.82, 2.24) is 4.90 Å². The largest absolute Gasteiger partial charge is 0.380 e. The number of rotatable bonds is 0. The van der Waals surface area contributed by atoms with Gasteiger partial charge >= 0.3 is 0 Å². The smallest absolute Gasteiger partial charge is 0.0557 e. The number of likely N-dealkylation sites (tertiary alicyclic amines) is 1. The molecule has 64 valence electrons. The van der Waals surface area contributed by atoms with E-state index in [1.807, 2.05) is 0 Å². The van der Waals surface area contributed by atoms with Crippen LogP contribution in [0.5, 0.6) is 0 Å². The van der Waals surface area contributed by atoms with Gasteiger partial charge in [-0.2, -0.15) is 0 Å². The van der Waals surface area contributed by atoms with E-state index in [1.165, 1.54) is 19.5 Å². The molecule has 0 amide bonds. The highest BCUT2D eigenvalue weighted by molar-refractivity contribution is 4.93. The van der Waals surface area contributed by atoms with E-state index in [4.69, 9.17) is 4.74 Å². The number of nitrogens with zero attached hydrogens (tertiary/aromatic N) is 1. The Labute approximate surface area is 68.5 Å². The topological polar surface area (TPSA) is 12.5 Å². The first-order valence-corrected chi connectivity index (χ1v) is 4.47. The van der Waals surface area contributed by atoms with Crippen molar-refractivity contribution in [2.75, 3.05) is 33.4 Å². The number of hydrogen-bond acceptors (Lipinski definition) is 2.